The summed E-state index contributed by atoms with van der Waals surface area (Å²) in [6.07, 6.45) is 24.2. The monoisotopic (exact) mass is 490 g/mol. The number of benzene rings is 2. The lowest BCUT2D eigenvalue weighted by Crippen LogP contribution is -2.73. The molecule has 1 fully saturated rings. The van der Waals surface area contributed by atoms with Crippen molar-refractivity contribution in [2.75, 3.05) is 0 Å². The van der Waals surface area contributed by atoms with E-state index in [0.29, 0.717) is 0 Å². The summed E-state index contributed by atoms with van der Waals surface area (Å²) in [5, 5.41) is 2.68. The molecule has 3 aromatic rings. The van der Waals surface area contributed by atoms with Gasteiger partial charge < -0.3 is 18.9 Å². The Hall–Kier alpha value is -3.96. The van der Waals surface area contributed by atoms with Gasteiger partial charge in [-0.1, -0.05) is 78.5 Å². The van der Waals surface area contributed by atoms with Gasteiger partial charge in [-0.05, 0) is 66.3 Å². The number of rotatable bonds is 1. The predicted octanol–water partition coefficient (Wildman–Crippen LogP) is 5.55. The second-order valence-electron chi connectivity index (χ2n) is 9.84. The molecule has 5 aliphatic heterocycles. The van der Waals surface area contributed by atoms with Crippen LogP contribution in [0.3, 0.4) is 0 Å². The predicted molar refractivity (Wildman–Crippen MR) is 162 cm³/mol. The highest BCUT2D eigenvalue weighted by molar-refractivity contribution is 7.26. The second-order valence-corrected chi connectivity index (χ2v) is 10.9. The Morgan fingerprint density at radius 1 is 0.541 bits per heavy atom. The van der Waals surface area contributed by atoms with E-state index in [1.54, 1.807) is 0 Å². The fourth-order valence-corrected chi connectivity index (χ4v) is 7.43. The Morgan fingerprint density at radius 3 is 1.84 bits per heavy atom. The van der Waals surface area contributed by atoms with Crippen LogP contribution in [0.15, 0.2) is 134 Å². The van der Waals surface area contributed by atoms with Crippen LogP contribution in [0.5, 0.6) is 0 Å². The summed E-state index contributed by atoms with van der Waals surface area (Å²) in [5.41, 5.74) is 2.58. The van der Waals surface area contributed by atoms with Gasteiger partial charge in [0.15, 0.2) is 0 Å². The van der Waals surface area contributed by atoms with Crippen molar-refractivity contribution in [2.24, 2.45) is 0 Å². The molecule has 37 heavy (non-hydrogen) atoms. The van der Waals surface area contributed by atoms with Crippen LogP contribution in [0, 0.1) is 0 Å². The molecule has 2 aromatic carbocycles. The Labute approximate surface area is 222 Å². The summed E-state index contributed by atoms with van der Waals surface area (Å²) in [4.78, 5) is 0. The molecule has 0 aliphatic carbocycles. The van der Waals surface area contributed by atoms with Crippen LogP contribution in [0.2, 0.25) is 0 Å². The minimum Gasteiger partial charge on any atom is -0.423 e. The standard InChI is InChI=1S/C28H22B4N4S/c1-2-13-27-25(10-1)26-12-9-11-24(28(26)37-27)23-14-21-36-31-17-4-7-19-34(31)29-15-3-6-18-33(29)30-16-5-8-20-35(30)32(36)22-23/h1-22H. The summed E-state index contributed by atoms with van der Waals surface area (Å²) in [6.45, 7) is 0.396. The zero-order valence-electron chi connectivity index (χ0n) is 20.2. The van der Waals surface area contributed by atoms with Gasteiger partial charge in [-0.2, -0.15) is 0 Å². The molecular formula is C28H22B4N4S. The SMILES string of the molecule is C1=CB2N(C=C1)B1C=CC=CN1B1C=C(c3cccc4c3sc3ccccc34)C=CN1B1C=CC=CN21. The van der Waals surface area contributed by atoms with E-state index in [4.69, 9.17) is 0 Å². The van der Waals surface area contributed by atoms with Gasteiger partial charge in [0.2, 0.25) is 0 Å². The third-order valence-corrected chi connectivity index (χ3v) is 9.09. The first-order valence-corrected chi connectivity index (χ1v) is 13.6. The molecule has 0 saturated carbocycles. The van der Waals surface area contributed by atoms with Crippen molar-refractivity contribution in [1.82, 2.24) is 18.9 Å². The van der Waals surface area contributed by atoms with Gasteiger partial charge >= 0.3 is 27.9 Å². The zero-order valence-corrected chi connectivity index (χ0v) is 21.0. The van der Waals surface area contributed by atoms with Crippen molar-refractivity contribution >= 4 is 65.0 Å². The smallest absolute Gasteiger partial charge is 0.381 e. The van der Waals surface area contributed by atoms with Crippen molar-refractivity contribution in [3.05, 3.63) is 139 Å². The Kier molecular flexibility index (Phi) is 4.74. The number of allylic oxidation sites excluding steroid dienone is 8. The summed E-state index contributed by atoms with van der Waals surface area (Å²) in [7, 11) is 0. The summed E-state index contributed by atoms with van der Waals surface area (Å²) in [5.74, 6) is 9.34. The van der Waals surface area contributed by atoms with Crippen molar-refractivity contribution < 1.29 is 0 Å². The second kappa shape index (κ2) is 8.29. The molecule has 0 radical (unpaired) electrons. The highest BCUT2D eigenvalue weighted by atomic mass is 32.1. The van der Waals surface area contributed by atoms with Crippen LogP contribution in [-0.4, -0.2) is 46.8 Å². The van der Waals surface area contributed by atoms with Crippen LogP contribution in [0.1, 0.15) is 5.56 Å². The Balaban J connectivity index is 1.29. The fraction of sp³-hybridized carbons (Fsp3) is 0. The Bertz CT molecular complexity index is 1630. The van der Waals surface area contributed by atoms with Crippen LogP contribution in [-0.2, 0) is 0 Å². The highest BCUT2D eigenvalue weighted by Gasteiger charge is 2.49. The van der Waals surface area contributed by atoms with E-state index in [-0.39, 0.29) is 27.9 Å². The molecule has 8 rings (SSSR count). The third-order valence-electron chi connectivity index (χ3n) is 7.87. The number of nitrogens with zero attached hydrogens (tertiary/aromatic N) is 4. The van der Waals surface area contributed by atoms with Crippen LogP contribution in [0.4, 0.5) is 0 Å². The number of hydrogen-bond donors (Lipinski definition) is 0. The fourth-order valence-electron chi connectivity index (χ4n) is 6.19. The zero-order chi connectivity index (χ0) is 24.3. The van der Waals surface area contributed by atoms with Crippen molar-refractivity contribution in [1.29, 1.82) is 0 Å². The first-order valence-electron chi connectivity index (χ1n) is 12.8. The first-order chi connectivity index (χ1) is 18.4. The molecule has 4 nitrogen and oxygen atoms in total. The molecule has 1 aromatic heterocycles. The number of fused-ring (bicyclic) bond motifs is 11. The molecule has 172 valence electrons. The molecule has 0 unspecified atom stereocenters. The summed E-state index contributed by atoms with van der Waals surface area (Å²) in [6, 6.07) is 15.5. The van der Waals surface area contributed by atoms with Crippen molar-refractivity contribution in [2.45, 2.75) is 0 Å². The first kappa shape index (κ1) is 21.2. The molecule has 0 atom stereocenters. The van der Waals surface area contributed by atoms with Gasteiger partial charge in [0.1, 0.15) is 0 Å². The highest BCUT2D eigenvalue weighted by Crippen LogP contribution is 2.40. The lowest BCUT2D eigenvalue weighted by atomic mass is 9.41. The summed E-state index contributed by atoms with van der Waals surface area (Å²) < 4.78 is 12.6. The largest absolute Gasteiger partial charge is 0.423 e. The van der Waals surface area contributed by atoms with E-state index in [0.717, 1.165) is 0 Å². The molecular weight excluding hydrogens is 468 g/mol. The third kappa shape index (κ3) is 3.20. The van der Waals surface area contributed by atoms with Crippen LogP contribution >= 0.6 is 11.3 Å². The van der Waals surface area contributed by atoms with Gasteiger partial charge in [0, 0.05) is 20.2 Å². The quantitative estimate of drug-likeness (QED) is 0.416. The Morgan fingerprint density at radius 2 is 1.14 bits per heavy atom. The summed E-state index contributed by atoms with van der Waals surface area (Å²) >= 11 is 1.89. The lowest BCUT2D eigenvalue weighted by Gasteiger charge is -2.53. The normalized spacial score (nSPS) is 19.4. The van der Waals surface area contributed by atoms with Gasteiger partial charge in [-0.3, -0.25) is 0 Å². The maximum Gasteiger partial charge on any atom is 0.381 e. The molecule has 9 heteroatoms. The average Bonchev–Trinajstić information content (AvgIpc) is 3.35. The number of hydrogen-bond acceptors (Lipinski definition) is 5. The maximum absolute atomic E-state index is 2.48. The molecule has 0 amide bonds. The van der Waals surface area contributed by atoms with E-state index in [9.17, 15) is 0 Å². The molecule has 0 spiro atoms. The van der Waals surface area contributed by atoms with Crippen LogP contribution < -0.4 is 0 Å². The minimum absolute atomic E-state index is 0.0553. The molecule has 1 saturated heterocycles. The minimum atomic E-state index is 0.0553. The topological polar surface area (TPSA) is 13.0 Å². The molecule has 0 N–H and O–H groups in total. The van der Waals surface area contributed by atoms with Crippen LogP contribution in [0.25, 0.3) is 25.7 Å². The lowest BCUT2D eigenvalue weighted by molar-refractivity contribution is 0.622. The molecule has 0 bridgehead atoms. The van der Waals surface area contributed by atoms with E-state index in [2.05, 4.69) is 153 Å². The molecule has 5 aliphatic rings. The number of thiophene rings is 1. The van der Waals surface area contributed by atoms with E-state index in [1.165, 1.54) is 31.3 Å². The maximum atomic E-state index is 2.48. The van der Waals surface area contributed by atoms with E-state index < -0.39 is 0 Å². The van der Waals surface area contributed by atoms with E-state index in [1.807, 2.05) is 11.3 Å². The molecule has 6 heterocycles. The van der Waals surface area contributed by atoms with Gasteiger partial charge in [0.05, 0.1) is 0 Å². The average molecular weight is 490 g/mol. The van der Waals surface area contributed by atoms with Gasteiger partial charge in [-0.15, -0.1) is 11.3 Å². The van der Waals surface area contributed by atoms with Gasteiger partial charge in [-0.25, -0.2) is 0 Å². The van der Waals surface area contributed by atoms with E-state index >= 15 is 0 Å². The van der Waals surface area contributed by atoms with Crippen molar-refractivity contribution in [3.63, 3.8) is 0 Å². The van der Waals surface area contributed by atoms with Gasteiger partial charge in [0.25, 0.3) is 0 Å². The van der Waals surface area contributed by atoms with Crippen molar-refractivity contribution in [3.8, 4) is 0 Å².